The number of aliphatic hydroxyl groups excluding tert-OH is 1. The third-order valence-electron chi connectivity index (χ3n) is 5.48. The summed E-state index contributed by atoms with van der Waals surface area (Å²) >= 11 is 1.79. The first-order valence-corrected chi connectivity index (χ1v) is 11.5. The van der Waals surface area contributed by atoms with Crippen LogP contribution in [0, 0.1) is 5.92 Å². The average molecular weight is 429 g/mol. The van der Waals surface area contributed by atoms with Gasteiger partial charge in [0.1, 0.15) is 24.1 Å². The molecule has 1 N–H and O–H groups in total. The zero-order valence-corrected chi connectivity index (χ0v) is 18.2. The molecule has 0 unspecified atom stereocenters. The first-order valence-electron chi connectivity index (χ1n) is 10.1. The Morgan fingerprint density at radius 3 is 2.80 bits per heavy atom. The molecule has 0 amide bonds. The zero-order chi connectivity index (χ0) is 20.9. The molecule has 30 heavy (non-hydrogen) atoms. The Hall–Kier alpha value is -2.13. The highest BCUT2D eigenvalue weighted by Gasteiger charge is 2.31. The van der Waals surface area contributed by atoms with Crippen LogP contribution in [0.15, 0.2) is 42.9 Å². The summed E-state index contributed by atoms with van der Waals surface area (Å²) in [5.41, 5.74) is 3.92. The summed E-state index contributed by atoms with van der Waals surface area (Å²) in [4.78, 5) is 11.1. The van der Waals surface area contributed by atoms with Crippen molar-refractivity contribution in [1.29, 1.82) is 0 Å². The standard InChI is InChI=1S/C22H28N4O3S/c1-28-22-21-20(23-14-24-22)17(8-25-9-18(13-30-2)19(27)11-25)10-26(21)15-29-12-16-6-4-3-5-7-16/h3-7,10,14,18-19,27H,8-9,11-13,15H2,1-2H3/t18-,19-/m1/s1. The molecule has 160 valence electrons. The van der Waals surface area contributed by atoms with Crippen LogP contribution in [0.25, 0.3) is 11.0 Å². The highest BCUT2D eigenvalue weighted by Crippen LogP contribution is 2.29. The van der Waals surface area contributed by atoms with E-state index in [1.54, 1.807) is 18.9 Å². The Labute approximate surface area is 181 Å². The molecule has 2 atom stereocenters. The van der Waals surface area contributed by atoms with Crippen LogP contribution in [0.1, 0.15) is 11.1 Å². The van der Waals surface area contributed by atoms with Crippen molar-refractivity contribution in [3.05, 3.63) is 54.0 Å². The minimum absolute atomic E-state index is 0.274. The maximum Gasteiger partial charge on any atom is 0.241 e. The molecule has 0 saturated carbocycles. The molecule has 0 radical (unpaired) electrons. The molecular weight excluding hydrogens is 400 g/mol. The van der Waals surface area contributed by atoms with E-state index < -0.39 is 0 Å². The monoisotopic (exact) mass is 428 g/mol. The zero-order valence-electron chi connectivity index (χ0n) is 17.4. The number of thioether (sulfide) groups is 1. The van der Waals surface area contributed by atoms with Gasteiger partial charge in [-0.25, -0.2) is 4.98 Å². The molecular formula is C22H28N4O3S. The van der Waals surface area contributed by atoms with Crippen molar-refractivity contribution in [2.45, 2.75) is 26.0 Å². The number of rotatable bonds is 9. The van der Waals surface area contributed by atoms with Crippen molar-refractivity contribution in [3.8, 4) is 5.88 Å². The number of hydrogen-bond acceptors (Lipinski definition) is 7. The lowest BCUT2D eigenvalue weighted by molar-refractivity contribution is 0.0663. The highest BCUT2D eigenvalue weighted by atomic mass is 32.2. The summed E-state index contributed by atoms with van der Waals surface area (Å²) in [7, 11) is 1.62. The number of fused-ring (bicyclic) bond motifs is 1. The van der Waals surface area contributed by atoms with Crippen molar-refractivity contribution in [2.24, 2.45) is 5.92 Å². The summed E-state index contributed by atoms with van der Waals surface area (Å²) in [5, 5.41) is 10.4. The van der Waals surface area contributed by atoms with Crippen molar-refractivity contribution >= 4 is 22.8 Å². The van der Waals surface area contributed by atoms with E-state index in [2.05, 4.69) is 27.3 Å². The van der Waals surface area contributed by atoms with Crippen LogP contribution in [-0.2, 0) is 24.6 Å². The lowest BCUT2D eigenvalue weighted by Crippen LogP contribution is -2.21. The van der Waals surface area contributed by atoms with Gasteiger partial charge in [-0.05, 0) is 17.6 Å². The Bertz CT molecular complexity index is 966. The Morgan fingerprint density at radius 1 is 1.20 bits per heavy atom. The van der Waals surface area contributed by atoms with Crippen LogP contribution in [0.2, 0.25) is 0 Å². The average Bonchev–Trinajstić information content (AvgIpc) is 3.29. The predicted molar refractivity (Wildman–Crippen MR) is 118 cm³/mol. The van der Waals surface area contributed by atoms with Crippen LogP contribution in [0.3, 0.4) is 0 Å². The normalized spacial score (nSPS) is 19.6. The first-order chi connectivity index (χ1) is 14.7. The number of methoxy groups -OCH3 is 1. The van der Waals surface area contributed by atoms with Crippen molar-refractivity contribution < 1.29 is 14.6 Å². The summed E-state index contributed by atoms with van der Waals surface area (Å²) in [6.45, 7) is 3.21. The first kappa shape index (κ1) is 21.1. The summed E-state index contributed by atoms with van der Waals surface area (Å²) < 4.78 is 13.5. The van der Waals surface area contributed by atoms with E-state index in [0.717, 1.165) is 41.0 Å². The second kappa shape index (κ2) is 9.78. The quantitative estimate of drug-likeness (QED) is 0.562. The van der Waals surface area contributed by atoms with E-state index in [9.17, 15) is 5.11 Å². The minimum Gasteiger partial charge on any atom is -0.479 e. The second-order valence-electron chi connectivity index (χ2n) is 7.64. The number of benzene rings is 1. The van der Waals surface area contributed by atoms with Crippen molar-refractivity contribution in [3.63, 3.8) is 0 Å². The highest BCUT2D eigenvalue weighted by molar-refractivity contribution is 7.98. The minimum atomic E-state index is -0.274. The fourth-order valence-electron chi connectivity index (χ4n) is 4.06. The van der Waals surface area contributed by atoms with Gasteiger partial charge >= 0.3 is 0 Å². The summed E-state index contributed by atoms with van der Waals surface area (Å²) in [6, 6.07) is 10.1. The summed E-state index contributed by atoms with van der Waals surface area (Å²) in [5.74, 6) is 1.82. The molecule has 8 heteroatoms. The van der Waals surface area contributed by atoms with Crippen LogP contribution in [0.4, 0.5) is 0 Å². The van der Waals surface area contributed by atoms with Crippen molar-refractivity contribution in [2.75, 3.05) is 32.2 Å². The fraction of sp³-hybridized carbons (Fsp3) is 0.455. The van der Waals surface area contributed by atoms with Gasteiger partial charge in [-0.1, -0.05) is 30.3 Å². The smallest absolute Gasteiger partial charge is 0.241 e. The Balaban J connectivity index is 1.53. The number of aliphatic hydroxyl groups is 1. The predicted octanol–water partition coefficient (Wildman–Crippen LogP) is 2.77. The molecule has 3 aromatic rings. The molecule has 2 aromatic heterocycles. The van der Waals surface area contributed by atoms with Crippen LogP contribution < -0.4 is 4.74 Å². The van der Waals surface area contributed by atoms with Crippen LogP contribution in [-0.4, -0.2) is 62.9 Å². The van der Waals surface area contributed by atoms with E-state index in [1.165, 1.54) is 6.33 Å². The molecule has 3 heterocycles. The molecule has 0 bridgehead atoms. The van der Waals surface area contributed by atoms with Crippen molar-refractivity contribution in [1.82, 2.24) is 19.4 Å². The third-order valence-corrected chi connectivity index (χ3v) is 6.25. The maximum atomic E-state index is 10.4. The van der Waals surface area contributed by atoms with Gasteiger partial charge in [-0.2, -0.15) is 16.7 Å². The number of nitrogens with zero attached hydrogens (tertiary/aromatic N) is 4. The molecule has 4 rings (SSSR count). The van der Waals surface area contributed by atoms with E-state index in [-0.39, 0.29) is 6.10 Å². The SMILES string of the molecule is COc1ncnc2c(CN3C[C@H](CSC)[C@H](O)C3)cn(COCc3ccccc3)c12. The maximum absolute atomic E-state index is 10.4. The van der Waals surface area contributed by atoms with E-state index in [4.69, 9.17) is 9.47 Å². The largest absolute Gasteiger partial charge is 0.479 e. The van der Waals surface area contributed by atoms with Gasteiger partial charge in [0.05, 0.1) is 19.8 Å². The summed E-state index contributed by atoms with van der Waals surface area (Å²) in [6.07, 6.45) is 5.42. The van der Waals surface area contributed by atoms with Gasteiger partial charge in [0.25, 0.3) is 0 Å². The van der Waals surface area contributed by atoms with E-state index in [0.29, 0.717) is 31.7 Å². The van der Waals surface area contributed by atoms with Crippen LogP contribution in [0.5, 0.6) is 5.88 Å². The number of likely N-dealkylation sites (tertiary alicyclic amines) is 1. The lowest BCUT2D eigenvalue weighted by Gasteiger charge is -2.14. The molecule has 1 aromatic carbocycles. The van der Waals surface area contributed by atoms with E-state index in [1.807, 2.05) is 34.9 Å². The molecule has 1 aliphatic heterocycles. The molecule has 0 spiro atoms. The molecule has 1 aliphatic rings. The van der Waals surface area contributed by atoms with Gasteiger partial charge in [0.15, 0.2) is 0 Å². The third kappa shape index (κ3) is 4.62. The number of ether oxygens (including phenoxy) is 2. The molecule has 1 fully saturated rings. The number of aromatic nitrogens is 3. The fourth-order valence-corrected chi connectivity index (χ4v) is 4.82. The lowest BCUT2D eigenvalue weighted by atomic mass is 10.1. The molecule has 7 nitrogen and oxygen atoms in total. The second-order valence-corrected chi connectivity index (χ2v) is 8.55. The van der Waals surface area contributed by atoms with Gasteiger partial charge in [0.2, 0.25) is 5.88 Å². The topological polar surface area (TPSA) is 72.6 Å². The number of hydrogen-bond donors (Lipinski definition) is 1. The Kier molecular flexibility index (Phi) is 6.89. The van der Waals surface area contributed by atoms with Gasteiger partial charge in [-0.15, -0.1) is 0 Å². The van der Waals surface area contributed by atoms with Gasteiger partial charge in [-0.3, -0.25) is 4.90 Å². The van der Waals surface area contributed by atoms with Crippen LogP contribution >= 0.6 is 11.8 Å². The van der Waals surface area contributed by atoms with Gasteiger partial charge < -0.3 is 19.1 Å². The number of β-amino-alcohol motifs (C(OH)–C–C–N with tert-alkyl or cyclic N) is 1. The Morgan fingerprint density at radius 2 is 2.03 bits per heavy atom. The molecule has 0 aliphatic carbocycles. The van der Waals surface area contributed by atoms with E-state index >= 15 is 0 Å². The molecule has 1 saturated heterocycles. The van der Waals surface area contributed by atoms with Gasteiger partial charge in [0, 0.05) is 37.3 Å².